The number of anilines is 2. The van der Waals surface area contributed by atoms with Crippen LogP contribution in [0.5, 0.6) is 5.75 Å². The third kappa shape index (κ3) is 9.33. The summed E-state index contributed by atoms with van der Waals surface area (Å²) < 4.78 is 24.2. The molecule has 0 fully saturated rings. The first-order valence-corrected chi connectivity index (χ1v) is 10.8. The lowest BCUT2D eigenvalue weighted by Crippen LogP contribution is -2.32. The number of ether oxygens (including phenoxy) is 2. The monoisotopic (exact) mass is 456 g/mol. The zero-order valence-corrected chi connectivity index (χ0v) is 19.7. The van der Waals surface area contributed by atoms with E-state index in [1.807, 2.05) is 37.3 Å². The van der Waals surface area contributed by atoms with Crippen molar-refractivity contribution in [2.45, 2.75) is 32.9 Å². The first-order valence-electron chi connectivity index (χ1n) is 10.8. The van der Waals surface area contributed by atoms with Gasteiger partial charge in [-0.3, -0.25) is 4.99 Å². The Morgan fingerprint density at radius 1 is 1.12 bits per heavy atom. The molecule has 2 rings (SSSR count). The highest BCUT2D eigenvalue weighted by molar-refractivity contribution is 5.90. The van der Waals surface area contributed by atoms with Crippen molar-refractivity contribution in [3.63, 3.8) is 0 Å². The van der Waals surface area contributed by atoms with Gasteiger partial charge >= 0.3 is 6.03 Å². The topological polar surface area (TPSA) is 84.0 Å². The lowest BCUT2D eigenvalue weighted by Gasteiger charge is -2.15. The van der Waals surface area contributed by atoms with Crippen LogP contribution in [0.25, 0.3) is 5.70 Å². The third-order valence-electron chi connectivity index (χ3n) is 4.56. The van der Waals surface area contributed by atoms with Crippen LogP contribution in [-0.2, 0) is 4.74 Å². The molecular formula is C25H33FN4O3. The maximum atomic E-state index is 13.5. The number of methoxy groups -OCH3 is 1. The molecule has 0 atom stereocenters. The standard InChI is InChI=1S/C25H33FN4O3/c1-6-27-23-17-21(33-16-15-32-5)11-12-22(23)18(2)29-19-7-9-20(10-8-19)30-24(31)28-14-13-25(3,4)26/h6-12,17,29H,2,13-16H2,1,3-5H3,(H2,28,30,31). The van der Waals surface area contributed by atoms with Crippen molar-refractivity contribution in [2.24, 2.45) is 4.99 Å². The van der Waals surface area contributed by atoms with Crippen LogP contribution in [0.2, 0.25) is 0 Å². The van der Waals surface area contributed by atoms with Crippen LogP contribution in [0.3, 0.4) is 0 Å². The number of rotatable bonds is 12. The van der Waals surface area contributed by atoms with Gasteiger partial charge in [0.15, 0.2) is 0 Å². The number of urea groups is 1. The molecule has 0 radical (unpaired) electrons. The van der Waals surface area contributed by atoms with E-state index in [0.717, 1.165) is 16.9 Å². The van der Waals surface area contributed by atoms with Crippen molar-refractivity contribution in [1.29, 1.82) is 0 Å². The van der Waals surface area contributed by atoms with E-state index in [4.69, 9.17) is 9.47 Å². The lowest BCUT2D eigenvalue weighted by molar-refractivity contribution is 0.146. The van der Waals surface area contributed by atoms with E-state index in [1.165, 1.54) is 13.8 Å². The summed E-state index contributed by atoms with van der Waals surface area (Å²) in [6.07, 6.45) is 1.96. The van der Waals surface area contributed by atoms with Gasteiger partial charge in [0.25, 0.3) is 0 Å². The number of carbonyl (C=O) groups excluding carboxylic acids is 1. The summed E-state index contributed by atoms with van der Waals surface area (Å²) in [6.45, 7) is 10.2. The molecule has 0 spiro atoms. The number of nitrogens with one attached hydrogen (secondary N) is 3. The van der Waals surface area contributed by atoms with Gasteiger partial charge in [-0.15, -0.1) is 0 Å². The lowest BCUT2D eigenvalue weighted by atomic mass is 10.1. The second-order valence-corrected chi connectivity index (χ2v) is 7.94. The average Bonchev–Trinajstić information content (AvgIpc) is 2.75. The minimum atomic E-state index is -1.32. The predicted octanol–water partition coefficient (Wildman–Crippen LogP) is 5.78. The minimum absolute atomic E-state index is 0.246. The number of carbonyl (C=O) groups is 1. The van der Waals surface area contributed by atoms with Crippen LogP contribution in [0.1, 0.15) is 32.8 Å². The first kappa shape index (κ1) is 25.9. The Morgan fingerprint density at radius 3 is 2.39 bits per heavy atom. The number of hydrogen-bond acceptors (Lipinski definition) is 5. The van der Waals surface area contributed by atoms with Gasteiger partial charge in [-0.1, -0.05) is 6.58 Å². The van der Waals surface area contributed by atoms with Crippen molar-refractivity contribution < 1.29 is 18.7 Å². The molecule has 0 saturated carbocycles. The Morgan fingerprint density at radius 2 is 1.79 bits per heavy atom. The summed E-state index contributed by atoms with van der Waals surface area (Å²) in [6, 6.07) is 12.4. The maximum Gasteiger partial charge on any atom is 0.319 e. The van der Waals surface area contributed by atoms with E-state index in [9.17, 15) is 9.18 Å². The number of nitrogens with zero attached hydrogens (tertiary/aromatic N) is 1. The molecule has 0 bridgehead atoms. The van der Waals surface area contributed by atoms with Crippen LogP contribution in [0.15, 0.2) is 54.0 Å². The normalized spacial score (nSPS) is 11.3. The van der Waals surface area contributed by atoms with Crippen LogP contribution in [0.4, 0.5) is 26.2 Å². The summed E-state index contributed by atoms with van der Waals surface area (Å²) in [4.78, 5) is 16.4. The summed E-state index contributed by atoms with van der Waals surface area (Å²) in [5.41, 5.74) is 2.35. The molecule has 7 nitrogen and oxygen atoms in total. The number of hydrogen-bond donors (Lipinski definition) is 3. The van der Waals surface area contributed by atoms with E-state index in [1.54, 1.807) is 25.5 Å². The Hall–Kier alpha value is -3.39. The maximum absolute atomic E-state index is 13.5. The summed E-state index contributed by atoms with van der Waals surface area (Å²) in [7, 11) is 1.63. The minimum Gasteiger partial charge on any atom is -0.491 e. The van der Waals surface area contributed by atoms with Crippen molar-refractivity contribution in [1.82, 2.24) is 5.32 Å². The molecule has 2 aromatic rings. The molecule has 33 heavy (non-hydrogen) atoms. The zero-order chi connectivity index (χ0) is 24.3. The highest BCUT2D eigenvalue weighted by Crippen LogP contribution is 2.31. The van der Waals surface area contributed by atoms with E-state index < -0.39 is 5.67 Å². The van der Waals surface area contributed by atoms with Gasteiger partial charge in [-0.25, -0.2) is 9.18 Å². The van der Waals surface area contributed by atoms with Gasteiger partial charge in [0.2, 0.25) is 0 Å². The van der Waals surface area contributed by atoms with Gasteiger partial charge in [0, 0.05) is 48.6 Å². The highest BCUT2D eigenvalue weighted by atomic mass is 19.1. The van der Waals surface area contributed by atoms with Crippen molar-refractivity contribution >= 4 is 35.0 Å². The predicted molar refractivity (Wildman–Crippen MR) is 134 cm³/mol. The summed E-state index contributed by atoms with van der Waals surface area (Å²) in [5, 5.41) is 8.63. The molecule has 178 valence electrons. The molecule has 0 saturated heterocycles. The molecule has 8 heteroatoms. The van der Waals surface area contributed by atoms with Gasteiger partial charge in [0.1, 0.15) is 18.0 Å². The van der Waals surface area contributed by atoms with Gasteiger partial charge in [-0.2, -0.15) is 0 Å². The first-order chi connectivity index (χ1) is 15.7. The smallest absolute Gasteiger partial charge is 0.319 e. The number of halogens is 1. The van der Waals surface area contributed by atoms with E-state index >= 15 is 0 Å². The summed E-state index contributed by atoms with van der Waals surface area (Å²) in [5.74, 6) is 0.702. The molecule has 2 aromatic carbocycles. The van der Waals surface area contributed by atoms with E-state index in [0.29, 0.717) is 30.3 Å². The molecule has 0 heterocycles. The Balaban J connectivity index is 1.97. The van der Waals surface area contributed by atoms with Crippen LogP contribution < -0.4 is 20.7 Å². The summed E-state index contributed by atoms with van der Waals surface area (Å²) >= 11 is 0. The number of alkyl halides is 1. The number of amides is 2. The second kappa shape index (κ2) is 12.6. The molecule has 0 aliphatic rings. The van der Waals surface area contributed by atoms with E-state index in [-0.39, 0.29) is 19.0 Å². The molecule has 2 amide bonds. The zero-order valence-electron chi connectivity index (χ0n) is 19.7. The fourth-order valence-corrected chi connectivity index (χ4v) is 2.87. The molecule has 0 aliphatic carbocycles. The van der Waals surface area contributed by atoms with Crippen LogP contribution in [0, 0.1) is 0 Å². The van der Waals surface area contributed by atoms with Gasteiger partial charge < -0.3 is 25.4 Å². The molecular weight excluding hydrogens is 423 g/mol. The molecule has 0 aliphatic heterocycles. The quantitative estimate of drug-likeness (QED) is 0.279. The molecule has 3 N–H and O–H groups in total. The second-order valence-electron chi connectivity index (χ2n) is 7.94. The number of benzene rings is 2. The Kier molecular flexibility index (Phi) is 9.87. The van der Waals surface area contributed by atoms with Crippen molar-refractivity contribution in [2.75, 3.05) is 37.5 Å². The highest BCUT2D eigenvalue weighted by Gasteiger charge is 2.15. The van der Waals surface area contributed by atoms with Crippen molar-refractivity contribution in [3.05, 3.63) is 54.6 Å². The van der Waals surface area contributed by atoms with Crippen LogP contribution >= 0.6 is 0 Å². The van der Waals surface area contributed by atoms with Crippen LogP contribution in [-0.4, -0.2) is 44.8 Å². The Labute approximate surface area is 195 Å². The number of aliphatic imine (C=N–C) groups is 1. The van der Waals surface area contributed by atoms with E-state index in [2.05, 4.69) is 27.5 Å². The fourth-order valence-electron chi connectivity index (χ4n) is 2.87. The SMILES string of the molecule is C=C(Nc1ccc(NC(=O)NCCC(C)(C)F)cc1)c1ccc(OCCOC)cc1N=CC. The van der Waals surface area contributed by atoms with Gasteiger partial charge in [-0.05, 0) is 63.6 Å². The third-order valence-corrected chi connectivity index (χ3v) is 4.56. The largest absolute Gasteiger partial charge is 0.491 e. The fraction of sp³-hybridized carbons (Fsp3) is 0.360. The van der Waals surface area contributed by atoms with Crippen molar-refractivity contribution in [3.8, 4) is 5.75 Å². The molecule has 0 unspecified atom stereocenters. The average molecular weight is 457 g/mol. The van der Waals surface area contributed by atoms with Gasteiger partial charge in [0.05, 0.1) is 12.3 Å². The molecule has 0 aromatic heterocycles. The Bertz CT molecular complexity index is 953.